The van der Waals surface area contributed by atoms with E-state index >= 15 is 0 Å². The van der Waals surface area contributed by atoms with Crippen molar-refractivity contribution in [2.75, 3.05) is 13.2 Å². The zero-order valence-corrected chi connectivity index (χ0v) is 7.29. The van der Waals surface area contributed by atoms with E-state index in [0.29, 0.717) is 19.6 Å². The summed E-state index contributed by atoms with van der Waals surface area (Å²) < 4.78 is 9.71. The first-order valence-electron chi connectivity index (χ1n) is 3.78. The monoisotopic (exact) mass is 173 g/mol. The van der Waals surface area contributed by atoms with Crippen LogP contribution in [0.4, 0.5) is 0 Å². The van der Waals surface area contributed by atoms with E-state index in [1.54, 1.807) is 6.08 Å². The van der Waals surface area contributed by atoms with Gasteiger partial charge in [-0.25, -0.2) is 0 Å². The van der Waals surface area contributed by atoms with Crippen molar-refractivity contribution in [2.45, 2.75) is 19.6 Å². The van der Waals surface area contributed by atoms with Gasteiger partial charge in [0, 0.05) is 13.3 Å². The van der Waals surface area contributed by atoms with Gasteiger partial charge in [0.1, 0.15) is 0 Å². The Morgan fingerprint density at radius 2 is 2.42 bits per heavy atom. The molecule has 0 aromatic rings. The maximum absolute atomic E-state index is 10.4. The molecule has 12 heavy (non-hydrogen) atoms. The van der Waals surface area contributed by atoms with E-state index in [-0.39, 0.29) is 5.97 Å². The van der Waals surface area contributed by atoms with Gasteiger partial charge in [-0.15, -0.1) is 6.58 Å². The Bertz CT molecular complexity index is 147. The molecule has 0 aliphatic rings. The van der Waals surface area contributed by atoms with Gasteiger partial charge in [-0.2, -0.15) is 0 Å². The molecule has 1 atom stereocenters. The molecule has 2 N–H and O–H groups in total. The van der Waals surface area contributed by atoms with Crippen molar-refractivity contribution in [3.05, 3.63) is 12.7 Å². The summed E-state index contributed by atoms with van der Waals surface area (Å²) in [7, 11) is 0. The van der Waals surface area contributed by atoms with Crippen LogP contribution in [0.5, 0.6) is 0 Å². The van der Waals surface area contributed by atoms with Gasteiger partial charge in [-0.05, 0) is 0 Å². The molecule has 1 unspecified atom stereocenters. The van der Waals surface area contributed by atoms with Gasteiger partial charge >= 0.3 is 5.97 Å². The average Bonchev–Trinajstić information content (AvgIpc) is 1.97. The van der Waals surface area contributed by atoms with Crippen molar-refractivity contribution in [3.8, 4) is 0 Å². The summed E-state index contributed by atoms with van der Waals surface area (Å²) in [6.45, 7) is 5.77. The highest BCUT2D eigenvalue weighted by Crippen LogP contribution is 1.92. The second-order valence-corrected chi connectivity index (χ2v) is 2.30. The van der Waals surface area contributed by atoms with Gasteiger partial charge in [0.15, 0.2) is 6.23 Å². The number of hydrogen-bond donors (Lipinski definition) is 1. The van der Waals surface area contributed by atoms with Crippen LogP contribution in [-0.2, 0) is 14.3 Å². The lowest BCUT2D eigenvalue weighted by Gasteiger charge is -2.10. The summed E-state index contributed by atoms with van der Waals surface area (Å²) >= 11 is 0. The van der Waals surface area contributed by atoms with Gasteiger partial charge in [0.25, 0.3) is 0 Å². The number of carbonyl (C=O) groups excluding carboxylic acids is 1. The van der Waals surface area contributed by atoms with Crippen molar-refractivity contribution in [3.63, 3.8) is 0 Å². The zero-order valence-electron chi connectivity index (χ0n) is 7.29. The molecule has 0 aliphatic heterocycles. The molecular weight excluding hydrogens is 158 g/mol. The minimum atomic E-state index is -0.563. The average molecular weight is 173 g/mol. The predicted molar refractivity (Wildman–Crippen MR) is 45.4 cm³/mol. The van der Waals surface area contributed by atoms with E-state index in [9.17, 15) is 4.79 Å². The first-order valence-corrected chi connectivity index (χ1v) is 3.78. The summed E-state index contributed by atoms with van der Waals surface area (Å²) in [6, 6.07) is 0. The van der Waals surface area contributed by atoms with Crippen molar-refractivity contribution in [1.82, 2.24) is 0 Å². The van der Waals surface area contributed by atoms with Crippen LogP contribution in [0, 0.1) is 0 Å². The first-order chi connectivity index (χ1) is 5.66. The predicted octanol–water partition coefficient (Wildman–Crippen LogP) is 0.427. The molecule has 0 aliphatic carbocycles. The van der Waals surface area contributed by atoms with Gasteiger partial charge in [0.05, 0.1) is 13.2 Å². The van der Waals surface area contributed by atoms with Crippen molar-refractivity contribution >= 4 is 5.97 Å². The molecule has 0 aromatic heterocycles. The number of hydrogen-bond acceptors (Lipinski definition) is 4. The van der Waals surface area contributed by atoms with Crippen molar-refractivity contribution in [1.29, 1.82) is 0 Å². The number of carbonyl (C=O) groups is 1. The van der Waals surface area contributed by atoms with Crippen LogP contribution < -0.4 is 5.73 Å². The van der Waals surface area contributed by atoms with Crippen molar-refractivity contribution < 1.29 is 14.3 Å². The Balaban J connectivity index is 3.24. The Labute approximate surface area is 72.3 Å². The Kier molecular flexibility index (Phi) is 6.32. The molecule has 0 heterocycles. The van der Waals surface area contributed by atoms with Crippen LogP contribution in [0.2, 0.25) is 0 Å². The summed E-state index contributed by atoms with van der Waals surface area (Å²) in [6.07, 6.45) is 1.59. The fourth-order valence-electron chi connectivity index (χ4n) is 0.638. The van der Waals surface area contributed by atoms with E-state index in [1.165, 1.54) is 6.92 Å². The molecule has 0 fully saturated rings. The maximum atomic E-state index is 10.4. The molecule has 0 amide bonds. The number of rotatable bonds is 6. The lowest BCUT2D eigenvalue weighted by molar-refractivity contribution is -0.146. The molecule has 0 saturated carbocycles. The number of nitrogens with two attached hydrogens (primary N) is 1. The van der Waals surface area contributed by atoms with E-state index in [4.69, 9.17) is 10.5 Å². The zero-order chi connectivity index (χ0) is 9.40. The van der Waals surface area contributed by atoms with Gasteiger partial charge < -0.3 is 9.47 Å². The Morgan fingerprint density at radius 1 is 1.75 bits per heavy atom. The molecule has 4 heteroatoms. The molecule has 0 bridgehead atoms. The number of esters is 1. The SMILES string of the molecule is C=CCOCCC(N)OC(C)=O. The van der Waals surface area contributed by atoms with Crippen LogP contribution in [0.3, 0.4) is 0 Å². The van der Waals surface area contributed by atoms with Crippen LogP contribution in [-0.4, -0.2) is 25.4 Å². The first kappa shape index (κ1) is 11.1. The smallest absolute Gasteiger partial charge is 0.304 e. The van der Waals surface area contributed by atoms with Crippen LogP contribution in [0.25, 0.3) is 0 Å². The van der Waals surface area contributed by atoms with E-state index < -0.39 is 6.23 Å². The van der Waals surface area contributed by atoms with E-state index in [1.807, 2.05) is 0 Å². The highest BCUT2D eigenvalue weighted by Gasteiger charge is 2.04. The molecule has 0 saturated heterocycles. The molecule has 0 radical (unpaired) electrons. The quantitative estimate of drug-likeness (QED) is 0.274. The van der Waals surface area contributed by atoms with E-state index in [2.05, 4.69) is 11.3 Å². The maximum Gasteiger partial charge on any atom is 0.304 e. The Hall–Kier alpha value is -0.870. The minimum Gasteiger partial charge on any atom is -0.447 e. The Morgan fingerprint density at radius 3 is 2.92 bits per heavy atom. The fourth-order valence-corrected chi connectivity index (χ4v) is 0.638. The third kappa shape index (κ3) is 7.24. The molecule has 4 nitrogen and oxygen atoms in total. The minimum absolute atomic E-state index is 0.369. The summed E-state index contributed by atoms with van der Waals surface area (Å²) in [5.41, 5.74) is 5.41. The summed E-state index contributed by atoms with van der Waals surface area (Å²) in [5, 5.41) is 0. The molecular formula is C8H15NO3. The van der Waals surface area contributed by atoms with Crippen LogP contribution >= 0.6 is 0 Å². The molecule has 0 spiro atoms. The van der Waals surface area contributed by atoms with Gasteiger partial charge in [-0.1, -0.05) is 6.08 Å². The highest BCUT2D eigenvalue weighted by atomic mass is 16.6. The van der Waals surface area contributed by atoms with Gasteiger partial charge in [-0.3, -0.25) is 10.5 Å². The summed E-state index contributed by atoms with van der Waals surface area (Å²) in [5.74, 6) is -0.369. The second-order valence-electron chi connectivity index (χ2n) is 2.30. The molecule has 70 valence electrons. The normalized spacial score (nSPS) is 12.2. The molecule has 0 aromatic carbocycles. The van der Waals surface area contributed by atoms with Gasteiger partial charge in [0.2, 0.25) is 0 Å². The highest BCUT2D eigenvalue weighted by molar-refractivity contribution is 5.66. The summed E-state index contributed by atoms with van der Waals surface area (Å²) in [4.78, 5) is 10.4. The lowest BCUT2D eigenvalue weighted by Crippen LogP contribution is -2.27. The topological polar surface area (TPSA) is 61.6 Å². The third-order valence-electron chi connectivity index (χ3n) is 1.10. The van der Waals surface area contributed by atoms with E-state index in [0.717, 1.165) is 0 Å². The third-order valence-corrected chi connectivity index (χ3v) is 1.10. The van der Waals surface area contributed by atoms with Crippen molar-refractivity contribution in [2.24, 2.45) is 5.73 Å². The largest absolute Gasteiger partial charge is 0.447 e. The lowest BCUT2D eigenvalue weighted by atomic mass is 10.4. The number of ether oxygens (including phenoxy) is 2. The molecule has 0 rings (SSSR count). The second kappa shape index (κ2) is 6.82. The van der Waals surface area contributed by atoms with Crippen LogP contribution in [0.15, 0.2) is 12.7 Å². The fraction of sp³-hybridized carbons (Fsp3) is 0.625. The van der Waals surface area contributed by atoms with Crippen LogP contribution in [0.1, 0.15) is 13.3 Å². The standard InChI is InChI=1S/C8H15NO3/c1-3-5-11-6-4-8(9)12-7(2)10/h3,8H,1,4-6,9H2,2H3.